The summed E-state index contributed by atoms with van der Waals surface area (Å²) < 4.78 is 33.2. The Labute approximate surface area is 147 Å². The summed E-state index contributed by atoms with van der Waals surface area (Å²) >= 11 is 0. The van der Waals surface area contributed by atoms with Gasteiger partial charge in [-0.15, -0.1) is 0 Å². The van der Waals surface area contributed by atoms with Crippen LogP contribution in [0.5, 0.6) is 0 Å². The number of hydrogen-bond donors (Lipinski definition) is 0. The Morgan fingerprint density at radius 2 is 2.00 bits per heavy atom. The normalized spacial score (nSPS) is 22.3. The lowest BCUT2D eigenvalue weighted by Crippen LogP contribution is -2.46. The molecular weight excluding hydrogens is 346 g/mol. The van der Waals surface area contributed by atoms with Gasteiger partial charge >= 0.3 is 0 Å². The fraction of sp³-hybridized carbons (Fsp3) is 0.625. The monoisotopic (exact) mass is 369 g/mol. The van der Waals surface area contributed by atoms with E-state index in [2.05, 4.69) is 0 Å². The van der Waals surface area contributed by atoms with Crippen molar-refractivity contribution in [3.63, 3.8) is 0 Å². The molecule has 0 saturated carbocycles. The van der Waals surface area contributed by atoms with Crippen molar-refractivity contribution in [1.82, 2.24) is 4.31 Å². The Morgan fingerprint density at radius 1 is 1.28 bits per heavy atom. The second kappa shape index (κ2) is 7.27. The molecular formula is C16H23N3O5S. The van der Waals surface area contributed by atoms with Gasteiger partial charge in [0.05, 0.1) is 29.9 Å². The van der Waals surface area contributed by atoms with Gasteiger partial charge in [0.1, 0.15) is 4.90 Å². The molecule has 0 bridgehead atoms. The van der Waals surface area contributed by atoms with Crippen molar-refractivity contribution < 1.29 is 18.1 Å². The Hall–Kier alpha value is -1.71. The molecule has 0 aromatic heterocycles. The van der Waals surface area contributed by atoms with Crippen molar-refractivity contribution in [1.29, 1.82) is 0 Å². The maximum absolute atomic E-state index is 13.1. The van der Waals surface area contributed by atoms with E-state index in [1.54, 1.807) is 6.07 Å². The van der Waals surface area contributed by atoms with E-state index in [0.717, 1.165) is 19.3 Å². The van der Waals surface area contributed by atoms with Gasteiger partial charge in [0, 0.05) is 31.8 Å². The van der Waals surface area contributed by atoms with E-state index in [-0.39, 0.29) is 16.6 Å². The number of nitro groups is 1. The predicted octanol–water partition coefficient (Wildman–Crippen LogP) is 1.99. The lowest BCUT2D eigenvalue weighted by molar-refractivity contribution is -0.385. The highest BCUT2D eigenvalue weighted by Crippen LogP contribution is 2.35. The molecule has 8 nitrogen and oxygen atoms in total. The van der Waals surface area contributed by atoms with E-state index in [4.69, 9.17) is 4.74 Å². The van der Waals surface area contributed by atoms with Crippen molar-refractivity contribution in [2.24, 2.45) is 0 Å². The number of ether oxygens (including phenoxy) is 1. The van der Waals surface area contributed by atoms with Gasteiger partial charge in [-0.25, -0.2) is 8.42 Å². The summed E-state index contributed by atoms with van der Waals surface area (Å²) in [5, 5.41) is 11.2. The van der Waals surface area contributed by atoms with Gasteiger partial charge in [-0.05, 0) is 25.3 Å². The number of non-ortho nitro benzene ring substituents is 1. The summed E-state index contributed by atoms with van der Waals surface area (Å²) in [6.45, 7) is 4.55. The van der Waals surface area contributed by atoms with Crippen LogP contribution in [0.3, 0.4) is 0 Å². The first-order valence-corrected chi connectivity index (χ1v) is 10.0. The van der Waals surface area contributed by atoms with Crippen LogP contribution in [0.25, 0.3) is 0 Å². The van der Waals surface area contributed by atoms with Crippen LogP contribution in [-0.4, -0.2) is 56.5 Å². The highest BCUT2D eigenvalue weighted by Gasteiger charge is 2.34. The molecule has 138 valence electrons. The van der Waals surface area contributed by atoms with E-state index in [1.807, 2.05) is 11.8 Å². The maximum atomic E-state index is 13.1. The number of benzene rings is 1. The van der Waals surface area contributed by atoms with Crippen molar-refractivity contribution in [2.75, 3.05) is 37.7 Å². The highest BCUT2D eigenvalue weighted by atomic mass is 32.2. The molecule has 0 N–H and O–H groups in total. The van der Waals surface area contributed by atoms with E-state index in [1.165, 1.54) is 16.4 Å². The molecule has 1 aromatic carbocycles. The molecule has 1 aromatic rings. The number of sulfonamides is 1. The summed E-state index contributed by atoms with van der Waals surface area (Å²) in [6.07, 6.45) is 2.44. The molecule has 1 atom stereocenters. The summed E-state index contributed by atoms with van der Waals surface area (Å²) in [5.74, 6) is 0. The van der Waals surface area contributed by atoms with Gasteiger partial charge in [-0.2, -0.15) is 4.31 Å². The Balaban J connectivity index is 2.10. The van der Waals surface area contributed by atoms with Crippen LogP contribution >= 0.6 is 0 Å². The quantitative estimate of drug-likeness (QED) is 0.582. The zero-order valence-electron chi connectivity index (χ0n) is 14.3. The lowest BCUT2D eigenvalue weighted by Gasteiger charge is -2.38. The third-order valence-electron chi connectivity index (χ3n) is 4.85. The first kappa shape index (κ1) is 18.1. The topological polar surface area (TPSA) is 93.0 Å². The van der Waals surface area contributed by atoms with E-state index in [9.17, 15) is 18.5 Å². The third kappa shape index (κ3) is 3.49. The van der Waals surface area contributed by atoms with Crippen LogP contribution in [0.1, 0.15) is 26.2 Å². The molecule has 0 spiro atoms. The molecule has 2 heterocycles. The van der Waals surface area contributed by atoms with Gasteiger partial charge in [-0.3, -0.25) is 10.1 Å². The van der Waals surface area contributed by atoms with Crippen molar-refractivity contribution >= 4 is 21.4 Å². The minimum Gasteiger partial charge on any atom is -0.377 e. The molecule has 2 aliphatic rings. The Bertz CT molecular complexity index is 746. The van der Waals surface area contributed by atoms with Gasteiger partial charge in [0.25, 0.3) is 5.69 Å². The van der Waals surface area contributed by atoms with Crippen LogP contribution in [0.2, 0.25) is 0 Å². The maximum Gasteiger partial charge on any atom is 0.270 e. The fourth-order valence-electron chi connectivity index (χ4n) is 3.44. The average Bonchev–Trinajstić information content (AvgIpc) is 3.16. The molecule has 0 amide bonds. The second-order valence-corrected chi connectivity index (χ2v) is 8.26. The highest BCUT2D eigenvalue weighted by molar-refractivity contribution is 7.89. The molecule has 2 aliphatic heterocycles. The number of morpholine rings is 1. The summed E-state index contributed by atoms with van der Waals surface area (Å²) in [7, 11) is -3.76. The second-order valence-electron chi connectivity index (χ2n) is 6.35. The third-order valence-corrected chi connectivity index (χ3v) is 6.77. The first-order valence-electron chi connectivity index (χ1n) is 8.58. The molecule has 1 unspecified atom stereocenters. The number of nitrogens with zero attached hydrogens (tertiary/aromatic N) is 3. The van der Waals surface area contributed by atoms with E-state index in [0.29, 0.717) is 38.5 Å². The molecule has 25 heavy (non-hydrogen) atoms. The molecule has 3 rings (SSSR count). The average molecular weight is 369 g/mol. The van der Waals surface area contributed by atoms with Gasteiger partial charge in [-0.1, -0.05) is 6.92 Å². The van der Waals surface area contributed by atoms with Crippen LogP contribution in [-0.2, 0) is 14.8 Å². The van der Waals surface area contributed by atoms with Crippen molar-refractivity contribution in [2.45, 2.75) is 37.1 Å². The van der Waals surface area contributed by atoms with Crippen LogP contribution in [0, 0.1) is 10.1 Å². The standard InChI is InChI=1S/C16H23N3O5S/c1-2-13-12-24-10-9-18(13)15-6-5-14(19(20)21)11-16(15)25(22,23)17-7-3-4-8-17/h5-6,11,13H,2-4,7-10,12H2,1H3. The Morgan fingerprint density at radius 3 is 2.64 bits per heavy atom. The van der Waals surface area contributed by atoms with Gasteiger partial charge in [0.15, 0.2) is 0 Å². The fourth-order valence-corrected chi connectivity index (χ4v) is 5.17. The minimum atomic E-state index is -3.76. The predicted molar refractivity (Wildman–Crippen MR) is 93.3 cm³/mol. The van der Waals surface area contributed by atoms with E-state index < -0.39 is 14.9 Å². The van der Waals surface area contributed by atoms with Crippen LogP contribution in [0.4, 0.5) is 11.4 Å². The number of rotatable bonds is 5. The largest absolute Gasteiger partial charge is 0.377 e. The number of nitro benzene ring substituents is 1. The Kier molecular flexibility index (Phi) is 5.26. The summed E-state index contributed by atoms with van der Waals surface area (Å²) in [6, 6.07) is 4.20. The van der Waals surface area contributed by atoms with Crippen molar-refractivity contribution in [3.8, 4) is 0 Å². The molecule has 2 fully saturated rings. The number of hydrogen-bond acceptors (Lipinski definition) is 6. The zero-order chi connectivity index (χ0) is 18.0. The SMILES string of the molecule is CCC1COCCN1c1ccc([N+](=O)[O-])cc1S(=O)(=O)N1CCCC1. The molecule has 0 radical (unpaired) electrons. The first-order chi connectivity index (χ1) is 11.9. The van der Waals surface area contributed by atoms with E-state index >= 15 is 0 Å². The summed E-state index contributed by atoms with van der Waals surface area (Å²) in [4.78, 5) is 12.7. The van der Waals surface area contributed by atoms with Crippen molar-refractivity contribution in [3.05, 3.63) is 28.3 Å². The molecule has 2 saturated heterocycles. The van der Waals surface area contributed by atoms with Gasteiger partial charge in [0.2, 0.25) is 10.0 Å². The lowest BCUT2D eigenvalue weighted by atomic mass is 10.1. The summed E-state index contributed by atoms with van der Waals surface area (Å²) in [5.41, 5.74) is 0.329. The smallest absolute Gasteiger partial charge is 0.270 e. The van der Waals surface area contributed by atoms with Gasteiger partial charge < -0.3 is 9.64 Å². The van der Waals surface area contributed by atoms with Crippen LogP contribution in [0.15, 0.2) is 23.1 Å². The minimum absolute atomic E-state index is 0.0314. The zero-order valence-corrected chi connectivity index (χ0v) is 15.1. The number of anilines is 1. The molecule has 0 aliphatic carbocycles. The van der Waals surface area contributed by atoms with Crippen LogP contribution < -0.4 is 4.90 Å². The molecule has 9 heteroatoms.